The second kappa shape index (κ2) is 9.01. The summed E-state index contributed by atoms with van der Waals surface area (Å²) in [6.45, 7) is 3.81. The minimum atomic E-state index is -0.426. The van der Waals surface area contributed by atoms with Crippen LogP contribution < -0.4 is 0 Å². The third-order valence-corrected chi connectivity index (χ3v) is 5.19. The summed E-state index contributed by atoms with van der Waals surface area (Å²) in [6.07, 6.45) is 1.84. The van der Waals surface area contributed by atoms with E-state index in [1.807, 2.05) is 38.1 Å². The lowest BCUT2D eigenvalue weighted by Crippen LogP contribution is -2.15. The van der Waals surface area contributed by atoms with Crippen molar-refractivity contribution in [3.05, 3.63) is 99.3 Å². The van der Waals surface area contributed by atoms with Crippen LogP contribution in [0.5, 0.6) is 0 Å². The maximum absolute atomic E-state index is 13.1. The standard InChI is InChI=1S/C24H22ClNO3/c1-15-12-18(25)8-9-19(15)22(14-23(27)17-10-11-26-16(2)13-17)20-6-4-5-7-21(20)24(28)29-3/h4-13,22H,14H2,1-3H3/t22-/m0/s1. The maximum Gasteiger partial charge on any atom is 0.338 e. The topological polar surface area (TPSA) is 56.3 Å². The number of benzene rings is 2. The molecule has 5 heteroatoms. The first-order valence-electron chi connectivity index (χ1n) is 9.30. The fourth-order valence-corrected chi connectivity index (χ4v) is 3.76. The van der Waals surface area contributed by atoms with E-state index in [0.29, 0.717) is 16.1 Å². The van der Waals surface area contributed by atoms with Gasteiger partial charge in [0, 0.05) is 34.8 Å². The molecular weight excluding hydrogens is 386 g/mol. The lowest BCUT2D eigenvalue weighted by atomic mass is 9.81. The van der Waals surface area contributed by atoms with Gasteiger partial charge in [-0.2, -0.15) is 0 Å². The van der Waals surface area contributed by atoms with Crippen LogP contribution in [0.25, 0.3) is 0 Å². The number of carbonyl (C=O) groups excluding carboxylic acids is 2. The minimum Gasteiger partial charge on any atom is -0.465 e. The molecule has 1 atom stereocenters. The van der Waals surface area contributed by atoms with Gasteiger partial charge in [-0.05, 0) is 60.9 Å². The van der Waals surface area contributed by atoms with E-state index < -0.39 is 5.97 Å². The molecule has 0 aliphatic carbocycles. The Labute approximate surface area is 175 Å². The molecule has 0 radical (unpaired) electrons. The number of rotatable bonds is 6. The first-order chi connectivity index (χ1) is 13.9. The zero-order valence-electron chi connectivity index (χ0n) is 16.6. The van der Waals surface area contributed by atoms with E-state index in [1.54, 1.807) is 36.5 Å². The molecule has 0 saturated carbocycles. The van der Waals surface area contributed by atoms with Crippen LogP contribution in [0.4, 0.5) is 0 Å². The van der Waals surface area contributed by atoms with Crippen LogP contribution in [0.1, 0.15) is 55.4 Å². The van der Waals surface area contributed by atoms with Gasteiger partial charge in [0.05, 0.1) is 12.7 Å². The highest BCUT2D eigenvalue weighted by molar-refractivity contribution is 6.30. The van der Waals surface area contributed by atoms with Gasteiger partial charge in [0.1, 0.15) is 0 Å². The number of carbonyl (C=O) groups is 2. The number of methoxy groups -OCH3 is 1. The SMILES string of the molecule is COC(=O)c1ccccc1[C@@H](CC(=O)c1ccnc(C)c1)c1ccc(Cl)cc1C. The number of ketones is 1. The molecule has 0 aliphatic heterocycles. The second-order valence-corrected chi connectivity index (χ2v) is 7.38. The van der Waals surface area contributed by atoms with Crippen molar-refractivity contribution < 1.29 is 14.3 Å². The summed E-state index contributed by atoms with van der Waals surface area (Å²) < 4.78 is 4.96. The predicted octanol–water partition coefficient (Wildman–Crippen LogP) is 5.54. The molecule has 29 heavy (non-hydrogen) atoms. The van der Waals surface area contributed by atoms with Gasteiger partial charge in [-0.25, -0.2) is 4.79 Å². The highest BCUT2D eigenvalue weighted by Crippen LogP contribution is 2.35. The summed E-state index contributed by atoms with van der Waals surface area (Å²) in [5.74, 6) is -0.762. The number of pyridine rings is 1. The van der Waals surface area contributed by atoms with Crippen LogP contribution >= 0.6 is 11.6 Å². The fourth-order valence-electron chi connectivity index (χ4n) is 3.54. The second-order valence-electron chi connectivity index (χ2n) is 6.95. The fraction of sp³-hybridized carbons (Fsp3) is 0.208. The number of hydrogen-bond donors (Lipinski definition) is 0. The predicted molar refractivity (Wildman–Crippen MR) is 114 cm³/mol. The Kier molecular flexibility index (Phi) is 6.45. The normalized spacial score (nSPS) is 11.7. The maximum atomic E-state index is 13.1. The number of aryl methyl sites for hydroxylation is 2. The number of hydrogen-bond acceptors (Lipinski definition) is 4. The average Bonchev–Trinajstić information content (AvgIpc) is 2.72. The van der Waals surface area contributed by atoms with Crippen molar-refractivity contribution in [3.63, 3.8) is 0 Å². The lowest BCUT2D eigenvalue weighted by molar-refractivity contribution is 0.0598. The summed E-state index contributed by atoms with van der Waals surface area (Å²) in [5, 5.41) is 0.627. The Morgan fingerprint density at radius 3 is 2.48 bits per heavy atom. The molecule has 3 aromatic rings. The molecule has 0 N–H and O–H groups in total. The highest BCUT2D eigenvalue weighted by Gasteiger charge is 2.25. The van der Waals surface area contributed by atoms with E-state index in [9.17, 15) is 9.59 Å². The zero-order chi connectivity index (χ0) is 21.0. The van der Waals surface area contributed by atoms with Crippen molar-refractivity contribution in [1.82, 2.24) is 4.98 Å². The molecule has 148 valence electrons. The monoisotopic (exact) mass is 407 g/mol. The van der Waals surface area contributed by atoms with Crippen molar-refractivity contribution in [1.29, 1.82) is 0 Å². The van der Waals surface area contributed by atoms with Gasteiger partial charge in [-0.3, -0.25) is 9.78 Å². The number of esters is 1. The molecule has 0 amide bonds. The van der Waals surface area contributed by atoms with E-state index in [1.165, 1.54) is 7.11 Å². The van der Waals surface area contributed by atoms with Crippen LogP contribution in [0.15, 0.2) is 60.8 Å². The van der Waals surface area contributed by atoms with Crippen molar-refractivity contribution in [3.8, 4) is 0 Å². The van der Waals surface area contributed by atoms with Gasteiger partial charge in [0.15, 0.2) is 5.78 Å². The Morgan fingerprint density at radius 2 is 1.79 bits per heavy atom. The Balaban J connectivity index is 2.10. The molecule has 1 heterocycles. The lowest BCUT2D eigenvalue weighted by Gasteiger charge is -2.22. The molecule has 4 nitrogen and oxygen atoms in total. The molecule has 0 spiro atoms. The van der Waals surface area contributed by atoms with Gasteiger partial charge >= 0.3 is 5.97 Å². The first kappa shape index (κ1) is 20.7. The summed E-state index contributed by atoms with van der Waals surface area (Å²) in [7, 11) is 1.35. The summed E-state index contributed by atoms with van der Waals surface area (Å²) in [4.78, 5) is 29.6. The molecule has 0 bridgehead atoms. The molecule has 0 unspecified atom stereocenters. The Hall–Kier alpha value is -2.98. The summed E-state index contributed by atoms with van der Waals surface area (Å²) >= 11 is 6.14. The van der Waals surface area contributed by atoms with E-state index in [-0.39, 0.29) is 18.1 Å². The quantitative estimate of drug-likeness (QED) is 0.397. The third kappa shape index (κ3) is 4.72. The number of aromatic nitrogens is 1. The smallest absolute Gasteiger partial charge is 0.338 e. The van der Waals surface area contributed by atoms with E-state index in [0.717, 1.165) is 22.4 Å². The molecule has 0 aliphatic rings. The van der Waals surface area contributed by atoms with E-state index >= 15 is 0 Å². The van der Waals surface area contributed by atoms with Crippen LogP contribution in [0.2, 0.25) is 5.02 Å². The molecule has 1 aromatic heterocycles. The Morgan fingerprint density at radius 1 is 1.03 bits per heavy atom. The average molecular weight is 408 g/mol. The molecule has 3 rings (SSSR count). The molecular formula is C24H22ClNO3. The van der Waals surface area contributed by atoms with Gasteiger partial charge < -0.3 is 4.74 Å². The Bertz CT molecular complexity index is 1060. The van der Waals surface area contributed by atoms with Crippen LogP contribution in [0.3, 0.4) is 0 Å². The zero-order valence-corrected chi connectivity index (χ0v) is 17.4. The van der Waals surface area contributed by atoms with E-state index in [2.05, 4.69) is 4.98 Å². The highest BCUT2D eigenvalue weighted by atomic mass is 35.5. The largest absolute Gasteiger partial charge is 0.465 e. The summed E-state index contributed by atoms with van der Waals surface area (Å²) in [5.41, 5.74) is 4.50. The molecule has 0 saturated heterocycles. The van der Waals surface area contributed by atoms with Crippen LogP contribution in [-0.2, 0) is 4.74 Å². The number of halogens is 1. The van der Waals surface area contributed by atoms with Gasteiger partial charge in [-0.1, -0.05) is 35.9 Å². The van der Waals surface area contributed by atoms with Gasteiger partial charge in [-0.15, -0.1) is 0 Å². The van der Waals surface area contributed by atoms with Crippen molar-refractivity contribution >= 4 is 23.4 Å². The number of nitrogens with zero attached hydrogens (tertiary/aromatic N) is 1. The number of ether oxygens (including phenoxy) is 1. The first-order valence-corrected chi connectivity index (χ1v) is 9.67. The van der Waals surface area contributed by atoms with E-state index in [4.69, 9.17) is 16.3 Å². The third-order valence-electron chi connectivity index (χ3n) is 4.96. The van der Waals surface area contributed by atoms with Gasteiger partial charge in [0.25, 0.3) is 0 Å². The van der Waals surface area contributed by atoms with Crippen LogP contribution in [0, 0.1) is 13.8 Å². The van der Waals surface area contributed by atoms with Crippen molar-refractivity contribution in [2.45, 2.75) is 26.2 Å². The number of Topliss-reactive ketones (excluding diaryl/α,β-unsaturated/α-hetero) is 1. The van der Waals surface area contributed by atoms with Gasteiger partial charge in [0.2, 0.25) is 0 Å². The van der Waals surface area contributed by atoms with Crippen molar-refractivity contribution in [2.24, 2.45) is 0 Å². The van der Waals surface area contributed by atoms with Crippen molar-refractivity contribution in [2.75, 3.05) is 7.11 Å². The minimum absolute atomic E-state index is 0.0190. The summed E-state index contributed by atoms with van der Waals surface area (Å²) in [6, 6.07) is 16.3. The molecule has 2 aromatic carbocycles. The van der Waals surface area contributed by atoms with Crippen LogP contribution in [-0.4, -0.2) is 23.8 Å². The molecule has 0 fully saturated rings.